The summed E-state index contributed by atoms with van der Waals surface area (Å²) < 4.78 is 5.72. The van der Waals surface area contributed by atoms with Crippen molar-refractivity contribution in [2.75, 3.05) is 6.61 Å². The van der Waals surface area contributed by atoms with E-state index in [2.05, 4.69) is 54.9 Å². The van der Waals surface area contributed by atoms with Crippen LogP contribution in [-0.4, -0.2) is 6.61 Å². The van der Waals surface area contributed by atoms with Crippen LogP contribution in [0.2, 0.25) is 0 Å². The van der Waals surface area contributed by atoms with E-state index in [0.717, 1.165) is 12.4 Å². The number of alkyl halides is 1. The van der Waals surface area contributed by atoms with E-state index in [1.165, 1.54) is 24.0 Å². The molecule has 1 unspecified atom stereocenters. The molecule has 1 rings (SSSR count). The first-order valence-corrected chi connectivity index (χ1v) is 7.42. The molecule has 1 atom stereocenters. The maximum Gasteiger partial charge on any atom is 0.123 e. The number of rotatable bonds is 6. The molecule has 1 aromatic rings. The number of benzene rings is 1. The lowest BCUT2D eigenvalue weighted by atomic mass is 9.93. The van der Waals surface area contributed by atoms with Crippen molar-refractivity contribution in [1.29, 1.82) is 0 Å². The van der Waals surface area contributed by atoms with Gasteiger partial charge < -0.3 is 4.74 Å². The third-order valence-electron chi connectivity index (χ3n) is 3.22. The van der Waals surface area contributed by atoms with Gasteiger partial charge in [0.15, 0.2) is 0 Å². The van der Waals surface area contributed by atoms with Crippen LogP contribution >= 0.6 is 15.9 Å². The van der Waals surface area contributed by atoms with E-state index in [9.17, 15) is 0 Å². The molecular formula is C15H23BrO. The van der Waals surface area contributed by atoms with Crippen LogP contribution in [0.5, 0.6) is 5.75 Å². The molecule has 0 spiro atoms. The fourth-order valence-corrected chi connectivity index (χ4v) is 3.23. The van der Waals surface area contributed by atoms with Crippen molar-refractivity contribution < 1.29 is 4.74 Å². The SMILES string of the molecule is CCOc1ccc(C)cc1C(Br)C(CC)CC. The Morgan fingerprint density at radius 3 is 2.35 bits per heavy atom. The van der Waals surface area contributed by atoms with Crippen molar-refractivity contribution in [2.45, 2.75) is 45.4 Å². The largest absolute Gasteiger partial charge is 0.494 e. The predicted molar refractivity (Wildman–Crippen MR) is 78.1 cm³/mol. The van der Waals surface area contributed by atoms with Crippen LogP contribution < -0.4 is 4.74 Å². The van der Waals surface area contributed by atoms with E-state index in [1.54, 1.807) is 0 Å². The summed E-state index contributed by atoms with van der Waals surface area (Å²) in [5.74, 6) is 1.68. The highest BCUT2D eigenvalue weighted by Gasteiger charge is 2.20. The Kier molecular flexibility index (Phi) is 6.04. The van der Waals surface area contributed by atoms with Crippen LogP contribution in [0.4, 0.5) is 0 Å². The molecule has 0 saturated heterocycles. The van der Waals surface area contributed by atoms with Crippen LogP contribution in [0.15, 0.2) is 18.2 Å². The summed E-state index contributed by atoms with van der Waals surface area (Å²) in [6, 6.07) is 6.44. The fraction of sp³-hybridized carbons (Fsp3) is 0.600. The van der Waals surface area contributed by atoms with Gasteiger partial charge in [-0.25, -0.2) is 0 Å². The average molecular weight is 299 g/mol. The first kappa shape index (κ1) is 14.6. The summed E-state index contributed by atoms with van der Waals surface area (Å²) in [7, 11) is 0. The van der Waals surface area contributed by atoms with Gasteiger partial charge >= 0.3 is 0 Å². The molecule has 0 N–H and O–H groups in total. The van der Waals surface area contributed by atoms with E-state index < -0.39 is 0 Å². The first-order valence-electron chi connectivity index (χ1n) is 6.51. The highest BCUT2D eigenvalue weighted by molar-refractivity contribution is 9.09. The Labute approximate surface area is 114 Å². The second-order valence-electron chi connectivity index (χ2n) is 4.45. The van der Waals surface area contributed by atoms with E-state index >= 15 is 0 Å². The molecule has 0 bridgehead atoms. The second kappa shape index (κ2) is 7.05. The van der Waals surface area contributed by atoms with Gasteiger partial charge in [-0.2, -0.15) is 0 Å². The summed E-state index contributed by atoms with van der Waals surface area (Å²) >= 11 is 3.85. The molecule has 0 heterocycles. The normalized spacial score (nSPS) is 12.8. The third kappa shape index (κ3) is 3.74. The summed E-state index contributed by atoms with van der Waals surface area (Å²) in [4.78, 5) is 0.388. The molecule has 0 aliphatic rings. The van der Waals surface area contributed by atoms with Gasteiger partial charge in [-0.1, -0.05) is 60.3 Å². The first-order chi connectivity index (χ1) is 8.13. The molecule has 2 heteroatoms. The van der Waals surface area contributed by atoms with Crippen LogP contribution in [0.3, 0.4) is 0 Å². The predicted octanol–water partition coefficient (Wildman–Crippen LogP) is 5.27. The van der Waals surface area contributed by atoms with Crippen molar-refractivity contribution in [3.63, 3.8) is 0 Å². The van der Waals surface area contributed by atoms with Crippen molar-refractivity contribution in [2.24, 2.45) is 5.92 Å². The van der Waals surface area contributed by atoms with Gasteiger partial charge in [-0.05, 0) is 25.8 Å². The van der Waals surface area contributed by atoms with Gasteiger partial charge in [0.1, 0.15) is 5.75 Å². The van der Waals surface area contributed by atoms with Gasteiger partial charge in [-0.15, -0.1) is 0 Å². The van der Waals surface area contributed by atoms with E-state index in [-0.39, 0.29) is 0 Å². The zero-order valence-corrected chi connectivity index (χ0v) is 12.9. The number of hydrogen-bond donors (Lipinski definition) is 0. The average Bonchev–Trinajstić information content (AvgIpc) is 2.33. The molecule has 0 saturated carbocycles. The van der Waals surface area contributed by atoms with Gasteiger partial charge in [0.25, 0.3) is 0 Å². The molecule has 1 aromatic carbocycles. The molecular weight excluding hydrogens is 276 g/mol. The van der Waals surface area contributed by atoms with E-state index in [1.807, 2.05) is 6.92 Å². The number of halogens is 1. The van der Waals surface area contributed by atoms with Crippen LogP contribution in [0.1, 0.15) is 49.6 Å². The number of aryl methyl sites for hydroxylation is 1. The minimum atomic E-state index is 0.388. The summed E-state index contributed by atoms with van der Waals surface area (Å²) in [6.45, 7) is 9.38. The Balaban J connectivity index is 3.04. The number of hydrogen-bond acceptors (Lipinski definition) is 1. The lowest BCUT2D eigenvalue weighted by Gasteiger charge is -2.22. The maximum absolute atomic E-state index is 5.72. The molecule has 0 aromatic heterocycles. The van der Waals surface area contributed by atoms with E-state index in [4.69, 9.17) is 4.74 Å². The quantitative estimate of drug-likeness (QED) is 0.650. The molecule has 1 nitrogen and oxygen atoms in total. The zero-order valence-electron chi connectivity index (χ0n) is 11.3. The third-order valence-corrected chi connectivity index (χ3v) is 4.47. The Bertz CT molecular complexity index is 345. The minimum absolute atomic E-state index is 0.388. The minimum Gasteiger partial charge on any atom is -0.494 e. The lowest BCUT2D eigenvalue weighted by Crippen LogP contribution is -2.08. The topological polar surface area (TPSA) is 9.23 Å². The molecule has 96 valence electrons. The van der Waals surface area contributed by atoms with Gasteiger partial charge in [0.05, 0.1) is 6.61 Å². The van der Waals surface area contributed by atoms with Crippen molar-refractivity contribution in [3.8, 4) is 5.75 Å². The molecule has 0 aliphatic heterocycles. The molecule has 0 fully saturated rings. The van der Waals surface area contributed by atoms with Crippen molar-refractivity contribution in [1.82, 2.24) is 0 Å². The van der Waals surface area contributed by atoms with Crippen molar-refractivity contribution in [3.05, 3.63) is 29.3 Å². The smallest absolute Gasteiger partial charge is 0.123 e. The Morgan fingerprint density at radius 1 is 1.18 bits per heavy atom. The molecule has 0 radical (unpaired) electrons. The van der Waals surface area contributed by atoms with Crippen molar-refractivity contribution >= 4 is 15.9 Å². The molecule has 0 aliphatic carbocycles. The lowest BCUT2D eigenvalue weighted by molar-refractivity contribution is 0.333. The fourth-order valence-electron chi connectivity index (χ4n) is 2.13. The monoisotopic (exact) mass is 298 g/mol. The van der Waals surface area contributed by atoms with Crippen LogP contribution in [0, 0.1) is 12.8 Å². The standard InChI is InChI=1S/C15H23BrO/c1-5-12(6-2)15(16)13-10-11(4)8-9-14(13)17-7-3/h8-10,12,15H,5-7H2,1-4H3. The van der Waals surface area contributed by atoms with Crippen LogP contribution in [0.25, 0.3) is 0 Å². The number of ether oxygens (including phenoxy) is 1. The van der Waals surface area contributed by atoms with E-state index in [0.29, 0.717) is 10.7 Å². The summed E-state index contributed by atoms with van der Waals surface area (Å²) in [5.41, 5.74) is 2.58. The Morgan fingerprint density at radius 2 is 1.82 bits per heavy atom. The molecule has 0 amide bonds. The highest BCUT2D eigenvalue weighted by Crippen LogP contribution is 2.40. The maximum atomic E-state index is 5.72. The van der Waals surface area contributed by atoms with Gasteiger partial charge in [-0.3, -0.25) is 0 Å². The summed E-state index contributed by atoms with van der Waals surface area (Å²) in [6.07, 6.45) is 2.37. The highest BCUT2D eigenvalue weighted by atomic mass is 79.9. The van der Waals surface area contributed by atoms with Gasteiger partial charge in [0.2, 0.25) is 0 Å². The Hall–Kier alpha value is -0.500. The summed E-state index contributed by atoms with van der Waals surface area (Å²) in [5, 5.41) is 0. The molecule has 17 heavy (non-hydrogen) atoms. The van der Waals surface area contributed by atoms with Crippen LogP contribution in [-0.2, 0) is 0 Å². The van der Waals surface area contributed by atoms with Gasteiger partial charge in [0, 0.05) is 10.4 Å². The second-order valence-corrected chi connectivity index (χ2v) is 5.44. The zero-order chi connectivity index (χ0) is 12.8.